The molecule has 18 heavy (non-hydrogen) atoms. The van der Waals surface area contributed by atoms with Gasteiger partial charge in [0.2, 0.25) is 0 Å². The van der Waals surface area contributed by atoms with Crippen molar-refractivity contribution in [1.29, 1.82) is 0 Å². The molecule has 3 nitrogen and oxygen atoms in total. The van der Waals surface area contributed by atoms with Crippen LogP contribution in [0.1, 0.15) is 47.0 Å². The van der Waals surface area contributed by atoms with Crippen LogP contribution in [0.3, 0.4) is 0 Å². The molecular weight excluding hydrogens is 268 g/mol. The molecule has 108 valence electrons. The first-order valence-electron chi connectivity index (χ1n) is 7.20. The second-order valence-corrected chi connectivity index (χ2v) is 8.90. The van der Waals surface area contributed by atoms with Crippen LogP contribution in [-0.4, -0.2) is 33.1 Å². The van der Waals surface area contributed by atoms with Gasteiger partial charge >= 0.3 is 8.56 Å². The lowest BCUT2D eigenvalue weighted by molar-refractivity contribution is -0.0213. The molecule has 1 aliphatic rings. The van der Waals surface area contributed by atoms with Crippen LogP contribution in [-0.2, 0) is 13.6 Å². The first-order valence-corrected chi connectivity index (χ1v) is 9.61. The molecule has 1 fully saturated rings. The predicted octanol–water partition coefficient (Wildman–Crippen LogP) is 3.83. The standard InChI is InChI=1S/C13H27ClO3Si/c1-5-12-10-9-11-18(16-7-3,17-8-4)13(12,14)15-6-2/h12H,5-11H2,1-4H3. The van der Waals surface area contributed by atoms with Crippen molar-refractivity contribution in [2.75, 3.05) is 19.8 Å². The number of rotatable bonds is 7. The summed E-state index contributed by atoms with van der Waals surface area (Å²) >= 11 is 6.91. The Kier molecular flexibility index (Phi) is 6.62. The van der Waals surface area contributed by atoms with Crippen molar-refractivity contribution in [3.63, 3.8) is 0 Å². The van der Waals surface area contributed by atoms with Crippen LogP contribution in [0.25, 0.3) is 0 Å². The van der Waals surface area contributed by atoms with Crippen molar-refractivity contribution >= 4 is 20.2 Å². The molecular formula is C13H27ClO3Si. The molecule has 1 aliphatic heterocycles. The Morgan fingerprint density at radius 3 is 2.17 bits per heavy atom. The maximum atomic E-state index is 6.91. The highest BCUT2D eigenvalue weighted by molar-refractivity contribution is 6.78. The molecule has 0 aromatic heterocycles. The van der Waals surface area contributed by atoms with Crippen LogP contribution in [0, 0.1) is 5.92 Å². The molecule has 0 amide bonds. The van der Waals surface area contributed by atoms with Crippen LogP contribution >= 0.6 is 11.6 Å². The van der Waals surface area contributed by atoms with E-state index in [2.05, 4.69) is 6.92 Å². The van der Waals surface area contributed by atoms with Gasteiger partial charge in [-0.3, -0.25) is 0 Å². The van der Waals surface area contributed by atoms with Crippen molar-refractivity contribution in [2.24, 2.45) is 5.92 Å². The number of hydrogen-bond donors (Lipinski definition) is 0. The summed E-state index contributed by atoms with van der Waals surface area (Å²) < 4.78 is 17.4. The number of halogens is 1. The summed E-state index contributed by atoms with van der Waals surface area (Å²) in [5.41, 5.74) is 0. The third-order valence-corrected chi connectivity index (χ3v) is 9.10. The Hall–Kier alpha value is 0.387. The monoisotopic (exact) mass is 294 g/mol. The van der Waals surface area contributed by atoms with Gasteiger partial charge in [-0.25, -0.2) is 0 Å². The van der Waals surface area contributed by atoms with Gasteiger partial charge in [0.05, 0.1) is 0 Å². The van der Waals surface area contributed by atoms with Gasteiger partial charge in [0.1, 0.15) is 0 Å². The zero-order chi connectivity index (χ0) is 13.6. The SMILES string of the molecule is CCOC1(Cl)C(CC)CCC[Si]1(OCC)OCC. The van der Waals surface area contributed by atoms with Crippen LogP contribution in [0.15, 0.2) is 0 Å². The fraction of sp³-hybridized carbons (Fsp3) is 1.00. The van der Waals surface area contributed by atoms with Crippen LogP contribution < -0.4 is 0 Å². The van der Waals surface area contributed by atoms with Gasteiger partial charge in [-0.1, -0.05) is 24.9 Å². The minimum absolute atomic E-state index is 0.331. The minimum atomic E-state index is -2.50. The van der Waals surface area contributed by atoms with E-state index in [1.165, 1.54) is 0 Å². The highest BCUT2D eigenvalue weighted by Gasteiger charge is 2.63. The summed E-state index contributed by atoms with van der Waals surface area (Å²) in [7, 11) is -2.50. The molecule has 5 heteroatoms. The third kappa shape index (κ3) is 2.93. The van der Waals surface area contributed by atoms with E-state index in [-0.39, 0.29) is 0 Å². The molecule has 0 radical (unpaired) electrons. The van der Waals surface area contributed by atoms with E-state index in [1.54, 1.807) is 0 Å². The first-order chi connectivity index (χ1) is 8.60. The normalized spacial score (nSPS) is 31.5. The molecule has 0 aliphatic carbocycles. The van der Waals surface area contributed by atoms with Crippen molar-refractivity contribution < 1.29 is 13.6 Å². The molecule has 0 saturated carbocycles. The van der Waals surface area contributed by atoms with Crippen molar-refractivity contribution in [3.8, 4) is 0 Å². The molecule has 1 heterocycles. The summed E-state index contributed by atoms with van der Waals surface area (Å²) in [5, 5.41) is 0. The Labute approximate surface area is 117 Å². The quantitative estimate of drug-likeness (QED) is 0.527. The van der Waals surface area contributed by atoms with E-state index in [0.29, 0.717) is 25.7 Å². The molecule has 0 aromatic rings. The third-order valence-electron chi connectivity index (χ3n) is 3.71. The fourth-order valence-electron chi connectivity index (χ4n) is 3.00. The lowest BCUT2D eigenvalue weighted by Gasteiger charge is -2.49. The molecule has 2 unspecified atom stereocenters. The summed E-state index contributed by atoms with van der Waals surface area (Å²) in [6.45, 7) is 10.1. The van der Waals surface area contributed by atoms with Gasteiger partial charge in [-0.15, -0.1) is 0 Å². The van der Waals surface area contributed by atoms with E-state index >= 15 is 0 Å². The predicted molar refractivity (Wildman–Crippen MR) is 77.0 cm³/mol. The summed E-state index contributed by atoms with van der Waals surface area (Å²) in [6.07, 6.45) is 3.25. The minimum Gasteiger partial charge on any atom is -0.392 e. The van der Waals surface area contributed by atoms with Crippen LogP contribution in [0.4, 0.5) is 0 Å². The largest absolute Gasteiger partial charge is 0.392 e. The topological polar surface area (TPSA) is 27.7 Å². The van der Waals surface area contributed by atoms with E-state index in [4.69, 9.17) is 25.2 Å². The zero-order valence-electron chi connectivity index (χ0n) is 12.1. The summed E-state index contributed by atoms with van der Waals surface area (Å²) in [6, 6.07) is 0.939. The van der Waals surface area contributed by atoms with Gasteiger partial charge in [0.15, 0.2) is 4.68 Å². The zero-order valence-corrected chi connectivity index (χ0v) is 13.9. The molecule has 1 rings (SSSR count). The van der Waals surface area contributed by atoms with Gasteiger partial charge in [0, 0.05) is 25.7 Å². The Morgan fingerprint density at radius 2 is 1.72 bits per heavy atom. The highest BCUT2D eigenvalue weighted by Crippen LogP contribution is 2.48. The van der Waals surface area contributed by atoms with Crippen LogP contribution in [0.2, 0.25) is 6.04 Å². The maximum Gasteiger partial charge on any atom is 0.387 e. The summed E-state index contributed by atoms with van der Waals surface area (Å²) in [4.78, 5) is 0. The Balaban J connectivity index is 3.07. The first kappa shape index (κ1) is 16.4. The van der Waals surface area contributed by atoms with Gasteiger partial charge < -0.3 is 13.6 Å². The van der Waals surface area contributed by atoms with E-state index in [0.717, 1.165) is 25.3 Å². The Morgan fingerprint density at radius 1 is 1.11 bits per heavy atom. The van der Waals surface area contributed by atoms with E-state index in [9.17, 15) is 0 Å². The average molecular weight is 295 g/mol. The number of hydrogen-bond acceptors (Lipinski definition) is 3. The smallest absolute Gasteiger partial charge is 0.387 e. The van der Waals surface area contributed by atoms with Gasteiger partial charge in [-0.05, 0) is 39.7 Å². The highest BCUT2D eigenvalue weighted by atomic mass is 35.5. The number of ether oxygens (including phenoxy) is 1. The molecule has 0 N–H and O–H groups in total. The van der Waals surface area contributed by atoms with Gasteiger partial charge in [0.25, 0.3) is 0 Å². The molecule has 0 spiro atoms. The number of alkyl halides is 1. The second-order valence-electron chi connectivity index (χ2n) is 4.69. The Bertz CT molecular complexity index is 232. The summed E-state index contributed by atoms with van der Waals surface area (Å²) in [5.74, 6) is 0.331. The molecule has 1 saturated heterocycles. The average Bonchev–Trinajstić information content (AvgIpc) is 2.34. The lowest BCUT2D eigenvalue weighted by atomic mass is 10.0. The van der Waals surface area contributed by atoms with E-state index in [1.807, 2.05) is 20.8 Å². The van der Waals surface area contributed by atoms with Crippen LogP contribution in [0.5, 0.6) is 0 Å². The molecule has 2 atom stereocenters. The van der Waals surface area contributed by atoms with Crippen molar-refractivity contribution in [2.45, 2.75) is 57.7 Å². The molecule has 0 bridgehead atoms. The fourth-order valence-corrected chi connectivity index (χ4v) is 8.03. The van der Waals surface area contributed by atoms with Gasteiger partial charge in [-0.2, -0.15) is 0 Å². The van der Waals surface area contributed by atoms with E-state index < -0.39 is 13.2 Å². The van der Waals surface area contributed by atoms with Crippen molar-refractivity contribution in [3.05, 3.63) is 0 Å². The maximum absolute atomic E-state index is 6.91. The lowest BCUT2D eigenvalue weighted by Crippen LogP contribution is -2.66. The second kappa shape index (κ2) is 7.24. The van der Waals surface area contributed by atoms with Crippen molar-refractivity contribution in [1.82, 2.24) is 0 Å². The molecule has 0 aromatic carbocycles.